The highest BCUT2D eigenvalue weighted by Gasteiger charge is 1.92. The third-order valence-electron chi connectivity index (χ3n) is 3.48. The van der Waals surface area contributed by atoms with Crippen LogP contribution >= 0.6 is 0 Å². The summed E-state index contributed by atoms with van der Waals surface area (Å²) in [5.41, 5.74) is 0. The van der Waals surface area contributed by atoms with E-state index < -0.39 is 5.97 Å². The van der Waals surface area contributed by atoms with Gasteiger partial charge in [0.1, 0.15) is 0 Å². The van der Waals surface area contributed by atoms with Crippen LogP contribution in [0.2, 0.25) is 0 Å². The van der Waals surface area contributed by atoms with E-state index in [1.807, 2.05) is 0 Å². The molecule has 22 heavy (non-hydrogen) atoms. The first-order chi connectivity index (χ1) is 10.8. The number of carboxylic acids is 1. The normalized spacial score (nSPS) is 12.0. The van der Waals surface area contributed by atoms with E-state index >= 15 is 0 Å². The van der Waals surface area contributed by atoms with Gasteiger partial charge in [0.2, 0.25) is 0 Å². The van der Waals surface area contributed by atoms with Gasteiger partial charge in [0.15, 0.2) is 0 Å². The number of allylic oxidation sites excluding steroid dienone is 6. The van der Waals surface area contributed by atoms with Gasteiger partial charge in [-0.25, -0.2) is 0 Å². The standard InChI is InChI=1S/C20H34O2/c1-2-3-4-5-6-7-8-9-10-11-12-13-14-15-16-17-18-19-20(21)22/h6-7,10-11,15-16H,2-5,8-9,12-14,17-19H2,1H3,(H,21,22)/b7-6-,11-10-,16-15-. The number of carbonyl (C=O) groups is 1. The molecule has 0 amide bonds. The largest absolute Gasteiger partial charge is 0.481 e. The summed E-state index contributed by atoms with van der Waals surface area (Å²) >= 11 is 0. The van der Waals surface area contributed by atoms with Crippen molar-refractivity contribution < 1.29 is 9.90 Å². The molecule has 0 saturated carbocycles. The van der Waals surface area contributed by atoms with Crippen LogP contribution in [-0.4, -0.2) is 11.1 Å². The first-order valence-electron chi connectivity index (χ1n) is 8.94. The Bertz CT molecular complexity index is 327. The second kappa shape index (κ2) is 17.7. The van der Waals surface area contributed by atoms with Crippen molar-refractivity contribution in [2.24, 2.45) is 0 Å². The van der Waals surface area contributed by atoms with Crippen molar-refractivity contribution in [3.63, 3.8) is 0 Å². The number of hydrogen-bond acceptors (Lipinski definition) is 1. The van der Waals surface area contributed by atoms with Crippen molar-refractivity contribution in [1.29, 1.82) is 0 Å². The fourth-order valence-corrected chi connectivity index (χ4v) is 2.14. The summed E-state index contributed by atoms with van der Waals surface area (Å²) in [4.78, 5) is 10.3. The first-order valence-corrected chi connectivity index (χ1v) is 8.94. The zero-order chi connectivity index (χ0) is 16.3. The van der Waals surface area contributed by atoms with Crippen molar-refractivity contribution in [1.82, 2.24) is 0 Å². The van der Waals surface area contributed by atoms with Crippen LogP contribution < -0.4 is 0 Å². The molecule has 0 aliphatic rings. The second-order valence-electron chi connectivity index (χ2n) is 5.70. The van der Waals surface area contributed by atoms with Crippen LogP contribution in [0.25, 0.3) is 0 Å². The van der Waals surface area contributed by atoms with Gasteiger partial charge < -0.3 is 5.11 Å². The summed E-state index contributed by atoms with van der Waals surface area (Å²) in [5, 5.41) is 8.50. The number of hydrogen-bond donors (Lipinski definition) is 1. The van der Waals surface area contributed by atoms with Gasteiger partial charge in [0.05, 0.1) is 0 Å². The molecule has 0 saturated heterocycles. The van der Waals surface area contributed by atoms with E-state index in [9.17, 15) is 4.79 Å². The lowest BCUT2D eigenvalue weighted by atomic mass is 10.1. The smallest absolute Gasteiger partial charge is 0.303 e. The Hall–Kier alpha value is -1.31. The molecule has 0 fully saturated rings. The lowest BCUT2D eigenvalue weighted by Gasteiger charge is -1.93. The molecule has 0 aromatic carbocycles. The molecule has 0 heterocycles. The third kappa shape index (κ3) is 18.7. The van der Waals surface area contributed by atoms with Crippen LogP contribution in [-0.2, 0) is 4.79 Å². The molecular weight excluding hydrogens is 272 g/mol. The van der Waals surface area contributed by atoms with Crippen LogP contribution in [0.4, 0.5) is 0 Å². The Morgan fingerprint density at radius 2 is 1.14 bits per heavy atom. The molecule has 0 aliphatic heterocycles. The van der Waals surface area contributed by atoms with Crippen LogP contribution in [0.3, 0.4) is 0 Å². The molecular formula is C20H34O2. The van der Waals surface area contributed by atoms with Crippen LogP contribution in [0.15, 0.2) is 36.5 Å². The maximum Gasteiger partial charge on any atom is 0.303 e. The molecule has 2 heteroatoms. The van der Waals surface area contributed by atoms with Crippen molar-refractivity contribution in [3.05, 3.63) is 36.5 Å². The number of unbranched alkanes of at least 4 members (excludes halogenated alkanes) is 7. The van der Waals surface area contributed by atoms with E-state index in [-0.39, 0.29) is 6.42 Å². The highest BCUT2D eigenvalue weighted by atomic mass is 16.4. The molecule has 1 N–H and O–H groups in total. The average molecular weight is 306 g/mol. The number of aliphatic carboxylic acids is 1. The van der Waals surface area contributed by atoms with E-state index in [4.69, 9.17) is 5.11 Å². The predicted molar refractivity (Wildman–Crippen MR) is 96.1 cm³/mol. The Balaban J connectivity index is 3.27. The summed E-state index contributed by atoms with van der Waals surface area (Å²) in [6, 6.07) is 0. The van der Waals surface area contributed by atoms with Gasteiger partial charge >= 0.3 is 5.97 Å². The molecule has 0 aromatic rings. The summed E-state index contributed by atoms with van der Waals surface area (Å²) < 4.78 is 0. The van der Waals surface area contributed by atoms with Crippen molar-refractivity contribution >= 4 is 5.97 Å². The van der Waals surface area contributed by atoms with E-state index in [1.165, 1.54) is 32.1 Å². The zero-order valence-corrected chi connectivity index (χ0v) is 14.3. The fourth-order valence-electron chi connectivity index (χ4n) is 2.14. The van der Waals surface area contributed by atoms with E-state index in [1.54, 1.807) is 0 Å². The van der Waals surface area contributed by atoms with Crippen molar-refractivity contribution in [2.75, 3.05) is 0 Å². The fraction of sp³-hybridized carbons (Fsp3) is 0.650. The van der Waals surface area contributed by atoms with E-state index in [2.05, 4.69) is 43.4 Å². The Morgan fingerprint density at radius 1 is 0.682 bits per heavy atom. The Morgan fingerprint density at radius 3 is 1.64 bits per heavy atom. The van der Waals surface area contributed by atoms with Crippen LogP contribution in [0.5, 0.6) is 0 Å². The van der Waals surface area contributed by atoms with Gasteiger partial charge in [0, 0.05) is 6.42 Å². The second-order valence-corrected chi connectivity index (χ2v) is 5.70. The molecule has 0 atom stereocenters. The minimum absolute atomic E-state index is 0.278. The quantitative estimate of drug-likeness (QED) is 0.279. The van der Waals surface area contributed by atoms with Gasteiger partial charge in [-0.3, -0.25) is 4.79 Å². The highest BCUT2D eigenvalue weighted by molar-refractivity contribution is 5.66. The SMILES string of the molecule is CCCCC/C=C\CC/C=C\CCC/C=C\CCCC(=O)O. The molecule has 0 rings (SSSR count). The molecule has 0 unspecified atom stereocenters. The van der Waals surface area contributed by atoms with Crippen molar-refractivity contribution in [3.8, 4) is 0 Å². The lowest BCUT2D eigenvalue weighted by Crippen LogP contribution is -1.92. The molecule has 126 valence electrons. The maximum absolute atomic E-state index is 10.3. The molecule has 2 nitrogen and oxygen atoms in total. The summed E-state index contributed by atoms with van der Waals surface area (Å²) in [6.07, 6.45) is 26.3. The molecule has 0 aromatic heterocycles. The summed E-state index contributed by atoms with van der Waals surface area (Å²) in [5.74, 6) is -0.700. The highest BCUT2D eigenvalue weighted by Crippen LogP contribution is 2.04. The zero-order valence-electron chi connectivity index (χ0n) is 14.3. The van der Waals surface area contributed by atoms with Gasteiger partial charge in [-0.1, -0.05) is 56.2 Å². The Labute approximate surface area is 137 Å². The van der Waals surface area contributed by atoms with E-state index in [0.717, 1.165) is 38.5 Å². The maximum atomic E-state index is 10.3. The van der Waals surface area contributed by atoms with E-state index in [0.29, 0.717) is 0 Å². The molecule has 0 radical (unpaired) electrons. The van der Waals surface area contributed by atoms with Gasteiger partial charge in [0.25, 0.3) is 0 Å². The van der Waals surface area contributed by atoms with Gasteiger partial charge in [-0.15, -0.1) is 0 Å². The van der Waals surface area contributed by atoms with Crippen molar-refractivity contribution in [2.45, 2.75) is 84.0 Å². The lowest BCUT2D eigenvalue weighted by molar-refractivity contribution is -0.137. The van der Waals surface area contributed by atoms with Crippen LogP contribution in [0.1, 0.15) is 84.0 Å². The third-order valence-corrected chi connectivity index (χ3v) is 3.48. The Kier molecular flexibility index (Phi) is 16.7. The topological polar surface area (TPSA) is 37.3 Å². The summed E-state index contributed by atoms with van der Waals surface area (Å²) in [6.45, 7) is 2.24. The number of carboxylic acid groups (broad SMARTS) is 1. The first kappa shape index (κ1) is 20.7. The molecule has 0 aliphatic carbocycles. The minimum Gasteiger partial charge on any atom is -0.481 e. The van der Waals surface area contributed by atoms with Crippen LogP contribution in [0, 0.1) is 0 Å². The van der Waals surface area contributed by atoms with Gasteiger partial charge in [-0.2, -0.15) is 0 Å². The van der Waals surface area contributed by atoms with Gasteiger partial charge in [-0.05, 0) is 57.8 Å². The predicted octanol–water partition coefficient (Wildman–Crippen LogP) is 6.44. The monoisotopic (exact) mass is 306 g/mol. The molecule has 0 spiro atoms. The number of rotatable bonds is 15. The average Bonchev–Trinajstić information content (AvgIpc) is 2.50. The minimum atomic E-state index is -0.700. The summed E-state index contributed by atoms with van der Waals surface area (Å²) in [7, 11) is 0. The molecule has 0 bridgehead atoms.